The minimum atomic E-state index is -4.35. The summed E-state index contributed by atoms with van der Waals surface area (Å²) in [7, 11) is 0. The minimum Gasteiger partial charge on any atom is -0.360 e. The maximum absolute atomic E-state index is 12.6. The van der Waals surface area contributed by atoms with Gasteiger partial charge in [-0.05, 0) is 31.2 Å². The van der Waals surface area contributed by atoms with Crippen molar-refractivity contribution >= 4 is 39.4 Å². The van der Waals surface area contributed by atoms with Gasteiger partial charge in [-0.15, -0.1) is 0 Å². The van der Waals surface area contributed by atoms with E-state index in [1.165, 1.54) is 6.33 Å². The molecule has 138 valence electrons. The summed E-state index contributed by atoms with van der Waals surface area (Å²) in [6.45, 7) is 0.702. The number of anilines is 3. The van der Waals surface area contributed by atoms with Crippen molar-refractivity contribution in [2.45, 2.75) is 13.1 Å². The molecule has 0 saturated heterocycles. The molecule has 0 saturated carbocycles. The lowest BCUT2D eigenvalue weighted by molar-refractivity contribution is -0.115. The van der Waals surface area contributed by atoms with Crippen LogP contribution in [-0.4, -0.2) is 37.6 Å². The fourth-order valence-electron chi connectivity index (χ4n) is 2.71. The number of nitrogens with zero attached hydrogens (tertiary/aromatic N) is 4. The third-order valence-electron chi connectivity index (χ3n) is 3.96. The monoisotopic (exact) mass is 373 g/mol. The van der Waals surface area contributed by atoms with Crippen molar-refractivity contribution in [3.63, 3.8) is 0 Å². The largest absolute Gasteiger partial charge is 0.405 e. The Kier molecular flexibility index (Phi) is 4.02. The quantitative estimate of drug-likeness (QED) is 0.502. The number of aromatic amines is 1. The molecule has 0 aliphatic rings. The van der Waals surface area contributed by atoms with Gasteiger partial charge in [-0.25, -0.2) is 9.97 Å². The van der Waals surface area contributed by atoms with Crippen LogP contribution in [0.25, 0.3) is 21.9 Å². The molecular weight excluding hydrogens is 359 g/mol. The predicted molar refractivity (Wildman–Crippen MR) is 96.0 cm³/mol. The third-order valence-corrected chi connectivity index (χ3v) is 3.96. The highest BCUT2D eigenvalue weighted by Gasteiger charge is 2.27. The molecule has 4 rings (SSSR count). The Balaban J connectivity index is 1.67. The molecule has 0 spiro atoms. The summed E-state index contributed by atoms with van der Waals surface area (Å²) in [6.07, 6.45) is -1.28. The van der Waals surface area contributed by atoms with Crippen LogP contribution in [0.5, 0.6) is 0 Å². The van der Waals surface area contributed by atoms with Crippen molar-refractivity contribution < 1.29 is 13.2 Å². The van der Waals surface area contributed by atoms with Crippen LogP contribution in [0.15, 0.2) is 36.8 Å². The number of rotatable bonds is 4. The fraction of sp³-hybridized carbons (Fsp3) is 0.176. The molecule has 3 aromatic heterocycles. The molecular formula is C17H14F3N7. The van der Waals surface area contributed by atoms with Crippen molar-refractivity contribution in [3.05, 3.63) is 42.5 Å². The van der Waals surface area contributed by atoms with Crippen LogP contribution in [0.3, 0.4) is 0 Å². The molecule has 0 bridgehead atoms. The number of nitrogens with one attached hydrogen (secondary N) is 3. The van der Waals surface area contributed by atoms with Gasteiger partial charge in [0.05, 0.1) is 10.9 Å². The normalized spacial score (nSPS) is 11.9. The number of aryl methyl sites for hydroxylation is 1. The first kappa shape index (κ1) is 17.0. The SMILES string of the molecule is Cc1ncnc2cc(Nc3nc(NCC(F)(F)F)c4cc[nH]c4n3)ccc12. The van der Waals surface area contributed by atoms with Gasteiger partial charge in [0, 0.05) is 23.0 Å². The summed E-state index contributed by atoms with van der Waals surface area (Å²) < 4.78 is 37.7. The molecule has 3 heterocycles. The molecule has 0 aliphatic carbocycles. The van der Waals surface area contributed by atoms with Gasteiger partial charge in [-0.1, -0.05) is 0 Å². The molecule has 0 atom stereocenters. The van der Waals surface area contributed by atoms with Crippen LogP contribution >= 0.6 is 0 Å². The van der Waals surface area contributed by atoms with E-state index in [0.29, 0.717) is 16.7 Å². The van der Waals surface area contributed by atoms with Gasteiger partial charge in [0.1, 0.15) is 24.3 Å². The van der Waals surface area contributed by atoms with Gasteiger partial charge in [-0.2, -0.15) is 23.1 Å². The average molecular weight is 373 g/mol. The predicted octanol–water partition coefficient (Wildman–Crippen LogP) is 3.93. The highest BCUT2D eigenvalue weighted by atomic mass is 19.4. The Hall–Kier alpha value is -3.43. The van der Waals surface area contributed by atoms with E-state index in [1.54, 1.807) is 18.3 Å². The van der Waals surface area contributed by atoms with Crippen molar-refractivity contribution in [1.29, 1.82) is 0 Å². The number of hydrogen-bond acceptors (Lipinski definition) is 6. The third kappa shape index (κ3) is 3.59. The van der Waals surface area contributed by atoms with Crippen molar-refractivity contribution in [1.82, 2.24) is 24.9 Å². The zero-order valence-electron chi connectivity index (χ0n) is 14.1. The number of hydrogen-bond donors (Lipinski definition) is 3. The lowest BCUT2D eigenvalue weighted by Crippen LogP contribution is -2.22. The number of halogens is 3. The van der Waals surface area contributed by atoms with E-state index >= 15 is 0 Å². The molecule has 0 radical (unpaired) electrons. The lowest BCUT2D eigenvalue weighted by Gasteiger charge is -2.12. The van der Waals surface area contributed by atoms with E-state index in [2.05, 4.69) is 35.6 Å². The molecule has 0 amide bonds. The molecule has 27 heavy (non-hydrogen) atoms. The Morgan fingerprint density at radius 2 is 1.93 bits per heavy atom. The van der Waals surface area contributed by atoms with E-state index in [9.17, 15) is 13.2 Å². The Labute approximate surface area is 151 Å². The van der Waals surface area contributed by atoms with Crippen LogP contribution in [0.1, 0.15) is 5.69 Å². The van der Waals surface area contributed by atoms with Gasteiger partial charge in [0.25, 0.3) is 0 Å². The Bertz CT molecular complexity index is 1120. The molecule has 7 nitrogen and oxygen atoms in total. The molecule has 3 N–H and O–H groups in total. The van der Waals surface area contributed by atoms with Gasteiger partial charge in [0.2, 0.25) is 5.95 Å². The second kappa shape index (κ2) is 6.38. The van der Waals surface area contributed by atoms with Crippen LogP contribution in [0.4, 0.5) is 30.6 Å². The minimum absolute atomic E-state index is 0.0973. The number of H-pyrrole nitrogens is 1. The first-order chi connectivity index (χ1) is 12.9. The van der Waals surface area contributed by atoms with E-state index in [0.717, 1.165) is 16.6 Å². The second-order valence-corrected chi connectivity index (χ2v) is 5.92. The number of benzene rings is 1. The van der Waals surface area contributed by atoms with Crippen LogP contribution in [-0.2, 0) is 0 Å². The van der Waals surface area contributed by atoms with Gasteiger partial charge < -0.3 is 15.6 Å². The maximum atomic E-state index is 12.6. The van der Waals surface area contributed by atoms with Crippen LogP contribution < -0.4 is 10.6 Å². The van der Waals surface area contributed by atoms with E-state index in [1.807, 2.05) is 19.1 Å². The highest BCUT2D eigenvalue weighted by molar-refractivity contribution is 5.89. The lowest BCUT2D eigenvalue weighted by atomic mass is 10.2. The molecule has 0 aliphatic heterocycles. The smallest absolute Gasteiger partial charge is 0.360 e. The van der Waals surface area contributed by atoms with E-state index in [-0.39, 0.29) is 11.8 Å². The van der Waals surface area contributed by atoms with Gasteiger partial charge in [0.15, 0.2) is 0 Å². The van der Waals surface area contributed by atoms with Gasteiger partial charge in [-0.3, -0.25) is 0 Å². The first-order valence-corrected chi connectivity index (χ1v) is 8.03. The zero-order chi connectivity index (χ0) is 19.0. The number of alkyl halides is 3. The van der Waals surface area contributed by atoms with E-state index in [4.69, 9.17) is 0 Å². The summed E-state index contributed by atoms with van der Waals surface area (Å²) in [5, 5.41) is 6.72. The average Bonchev–Trinajstić information content (AvgIpc) is 3.08. The molecule has 1 aromatic carbocycles. The Morgan fingerprint density at radius 3 is 2.74 bits per heavy atom. The van der Waals surface area contributed by atoms with Crippen LogP contribution in [0, 0.1) is 6.92 Å². The summed E-state index contributed by atoms with van der Waals surface area (Å²) in [4.78, 5) is 19.7. The first-order valence-electron chi connectivity index (χ1n) is 8.03. The summed E-state index contributed by atoms with van der Waals surface area (Å²) in [5.74, 6) is 0.264. The number of fused-ring (bicyclic) bond motifs is 2. The number of aromatic nitrogens is 5. The summed E-state index contributed by atoms with van der Waals surface area (Å²) >= 11 is 0. The molecule has 0 fully saturated rings. The summed E-state index contributed by atoms with van der Waals surface area (Å²) in [5.41, 5.74) is 2.68. The molecule has 4 aromatic rings. The van der Waals surface area contributed by atoms with Crippen LogP contribution in [0.2, 0.25) is 0 Å². The van der Waals surface area contributed by atoms with Crippen molar-refractivity contribution in [2.75, 3.05) is 17.2 Å². The fourth-order valence-corrected chi connectivity index (χ4v) is 2.71. The topological polar surface area (TPSA) is 91.4 Å². The van der Waals surface area contributed by atoms with Gasteiger partial charge >= 0.3 is 6.18 Å². The maximum Gasteiger partial charge on any atom is 0.405 e. The highest BCUT2D eigenvalue weighted by Crippen LogP contribution is 2.26. The van der Waals surface area contributed by atoms with Crippen molar-refractivity contribution in [2.24, 2.45) is 0 Å². The molecule has 10 heteroatoms. The van der Waals surface area contributed by atoms with E-state index < -0.39 is 12.7 Å². The zero-order valence-corrected chi connectivity index (χ0v) is 14.1. The Morgan fingerprint density at radius 1 is 1.07 bits per heavy atom. The standard InChI is InChI=1S/C17H14F3N7/c1-9-11-3-2-10(6-13(11)24-8-23-9)25-16-26-14-12(4-5-21-14)15(27-16)22-7-17(18,19)20/h2-6,8H,7H2,1H3,(H3,21,22,25,26,27). The second-order valence-electron chi connectivity index (χ2n) is 5.92. The summed E-state index contributed by atoms with van der Waals surface area (Å²) in [6, 6.07) is 7.09. The van der Waals surface area contributed by atoms with Crippen molar-refractivity contribution in [3.8, 4) is 0 Å². The molecule has 0 unspecified atom stereocenters.